The number of hydrogen-bond acceptors (Lipinski definition) is 6. The highest BCUT2D eigenvalue weighted by atomic mass is 32.2. The average molecular weight is 376 g/mol. The lowest BCUT2D eigenvalue weighted by atomic mass is 10.4. The van der Waals surface area contributed by atoms with Gasteiger partial charge < -0.3 is 14.5 Å². The van der Waals surface area contributed by atoms with Gasteiger partial charge in [-0.2, -0.15) is 13.2 Å². The third-order valence-electron chi connectivity index (χ3n) is 2.74. The van der Waals surface area contributed by atoms with Crippen molar-refractivity contribution in [3.63, 3.8) is 0 Å². The number of rotatable bonds is 8. The topological polar surface area (TPSA) is 82.2 Å². The highest BCUT2D eigenvalue weighted by Crippen LogP contribution is 2.24. The van der Waals surface area contributed by atoms with Crippen molar-refractivity contribution in [3.05, 3.63) is 31.1 Å². The minimum absolute atomic E-state index is 0.110. The van der Waals surface area contributed by atoms with Gasteiger partial charge >= 0.3 is 12.3 Å². The summed E-state index contributed by atoms with van der Waals surface area (Å²) in [7, 11) is 0. The second kappa shape index (κ2) is 8.60. The molecule has 2 rings (SSSR count). The average Bonchev–Trinajstić information content (AvgIpc) is 3.19. The molecule has 0 saturated heterocycles. The van der Waals surface area contributed by atoms with Crippen LogP contribution in [0.1, 0.15) is 0 Å². The molecule has 0 bridgehead atoms. The van der Waals surface area contributed by atoms with Crippen molar-refractivity contribution in [1.29, 1.82) is 0 Å². The first-order valence-corrected chi connectivity index (χ1v) is 8.07. The van der Waals surface area contributed by atoms with Crippen LogP contribution in [0.5, 0.6) is 0 Å². The molecule has 136 valence electrons. The summed E-state index contributed by atoms with van der Waals surface area (Å²) in [5, 5.41) is 10.9. The number of aromatic nitrogens is 3. The number of allylic oxidation sites excluding steroid dienone is 1. The zero-order chi connectivity index (χ0) is 18.3. The second-order valence-electron chi connectivity index (χ2n) is 4.65. The Morgan fingerprint density at radius 2 is 2.28 bits per heavy atom. The summed E-state index contributed by atoms with van der Waals surface area (Å²) in [4.78, 5) is 11.1. The van der Waals surface area contributed by atoms with E-state index >= 15 is 0 Å². The number of nitrogens with one attached hydrogen (secondary N) is 1. The summed E-state index contributed by atoms with van der Waals surface area (Å²) < 4.78 is 46.9. The third kappa shape index (κ3) is 5.85. The summed E-state index contributed by atoms with van der Waals surface area (Å²) in [6, 6.07) is 3.47. The summed E-state index contributed by atoms with van der Waals surface area (Å²) in [6.07, 6.45) is -2.48. The van der Waals surface area contributed by atoms with E-state index in [-0.39, 0.29) is 6.54 Å². The molecule has 0 unspecified atom stereocenters. The molecule has 7 nitrogen and oxygen atoms in total. The van der Waals surface area contributed by atoms with E-state index in [1.54, 1.807) is 22.8 Å². The molecule has 2 aromatic rings. The van der Waals surface area contributed by atoms with Gasteiger partial charge in [-0.15, -0.1) is 16.8 Å². The van der Waals surface area contributed by atoms with Crippen molar-refractivity contribution in [2.75, 3.05) is 18.9 Å². The quantitative estimate of drug-likeness (QED) is 0.433. The normalized spacial score (nSPS) is 11.3. The Bertz CT molecular complexity index is 701. The van der Waals surface area contributed by atoms with Gasteiger partial charge in [0, 0.05) is 18.8 Å². The monoisotopic (exact) mass is 376 g/mol. The van der Waals surface area contributed by atoms with Gasteiger partial charge in [-0.3, -0.25) is 4.57 Å². The Kier molecular flexibility index (Phi) is 6.51. The number of ether oxygens (including phenoxy) is 1. The molecular formula is C14H15F3N4O3S. The molecule has 0 aliphatic heterocycles. The molecule has 0 fully saturated rings. The molecule has 25 heavy (non-hydrogen) atoms. The number of nitrogens with zero attached hydrogens (tertiary/aromatic N) is 3. The molecule has 0 radical (unpaired) electrons. The van der Waals surface area contributed by atoms with E-state index in [1.165, 1.54) is 18.0 Å². The van der Waals surface area contributed by atoms with Gasteiger partial charge in [0.2, 0.25) is 5.82 Å². The maximum Gasteiger partial charge on any atom is 0.422 e. The van der Waals surface area contributed by atoms with Crippen LogP contribution in [-0.4, -0.2) is 45.9 Å². The van der Waals surface area contributed by atoms with E-state index in [9.17, 15) is 18.0 Å². The first-order valence-electron chi connectivity index (χ1n) is 7.09. The highest BCUT2D eigenvalue weighted by Gasteiger charge is 2.29. The molecule has 11 heteroatoms. The van der Waals surface area contributed by atoms with Crippen molar-refractivity contribution in [1.82, 2.24) is 20.1 Å². The summed E-state index contributed by atoms with van der Waals surface area (Å²) in [5.74, 6) is 1.45. The summed E-state index contributed by atoms with van der Waals surface area (Å²) >= 11 is 1.28. The molecular weight excluding hydrogens is 361 g/mol. The molecule has 0 atom stereocenters. The highest BCUT2D eigenvalue weighted by molar-refractivity contribution is 7.99. The van der Waals surface area contributed by atoms with E-state index in [1.807, 2.05) is 0 Å². The molecule has 0 aliphatic rings. The Labute approximate surface area is 145 Å². The molecule has 0 spiro atoms. The molecule has 1 amide bonds. The lowest BCUT2D eigenvalue weighted by molar-refractivity contribution is -0.160. The smallest absolute Gasteiger partial charge is 0.422 e. The van der Waals surface area contributed by atoms with Gasteiger partial charge in [-0.05, 0) is 12.1 Å². The zero-order valence-corrected chi connectivity index (χ0v) is 13.8. The Balaban J connectivity index is 1.85. The van der Waals surface area contributed by atoms with Crippen LogP contribution in [0.4, 0.5) is 18.0 Å². The molecule has 0 saturated carbocycles. The zero-order valence-electron chi connectivity index (χ0n) is 13.0. The summed E-state index contributed by atoms with van der Waals surface area (Å²) in [5.41, 5.74) is 0. The standard InChI is InChI=1S/C14H15F3N4O3S/c1-2-6-21-11(10-4-3-7-23-10)19-20-12(21)25-8-5-18-13(22)24-9-14(15,16)17/h2-4,7H,1,5-6,8-9H2,(H,18,22). The minimum Gasteiger partial charge on any atom is -0.461 e. The SMILES string of the molecule is C=CCn1c(SCCNC(=O)OCC(F)(F)F)nnc1-c1ccco1. The Morgan fingerprint density at radius 3 is 2.92 bits per heavy atom. The van der Waals surface area contributed by atoms with Gasteiger partial charge in [-0.1, -0.05) is 17.8 Å². The lowest BCUT2D eigenvalue weighted by Crippen LogP contribution is -2.30. The van der Waals surface area contributed by atoms with Crippen LogP contribution in [0, 0.1) is 0 Å². The lowest BCUT2D eigenvalue weighted by Gasteiger charge is -2.09. The van der Waals surface area contributed by atoms with Crippen LogP contribution in [0.25, 0.3) is 11.6 Å². The first-order chi connectivity index (χ1) is 11.9. The van der Waals surface area contributed by atoms with Gasteiger partial charge in [0.05, 0.1) is 6.26 Å². The fourth-order valence-electron chi connectivity index (χ4n) is 1.77. The molecule has 2 aromatic heterocycles. The predicted molar refractivity (Wildman–Crippen MR) is 84.1 cm³/mol. The second-order valence-corrected chi connectivity index (χ2v) is 5.71. The van der Waals surface area contributed by atoms with Crippen LogP contribution in [0.3, 0.4) is 0 Å². The third-order valence-corrected chi connectivity index (χ3v) is 3.71. The number of furan rings is 1. The van der Waals surface area contributed by atoms with Crippen molar-refractivity contribution < 1.29 is 27.1 Å². The maximum atomic E-state index is 11.9. The molecule has 1 N–H and O–H groups in total. The Hall–Kier alpha value is -2.43. The van der Waals surface area contributed by atoms with Gasteiger partial charge in [-0.25, -0.2) is 4.79 Å². The van der Waals surface area contributed by atoms with E-state index in [0.29, 0.717) is 29.0 Å². The van der Waals surface area contributed by atoms with Gasteiger partial charge in [0.25, 0.3) is 0 Å². The van der Waals surface area contributed by atoms with Crippen molar-refractivity contribution in [3.8, 4) is 11.6 Å². The molecule has 2 heterocycles. The molecule has 0 aromatic carbocycles. The summed E-state index contributed by atoms with van der Waals surface area (Å²) in [6.45, 7) is 2.62. The predicted octanol–water partition coefficient (Wildman–Crippen LogP) is 3.10. The van der Waals surface area contributed by atoms with E-state index in [2.05, 4.69) is 26.8 Å². The van der Waals surface area contributed by atoms with Crippen molar-refractivity contribution >= 4 is 17.9 Å². The number of carbonyl (C=O) groups excluding carboxylic acids is 1. The van der Waals surface area contributed by atoms with Crippen LogP contribution >= 0.6 is 11.8 Å². The number of alkyl carbamates (subject to hydrolysis) is 1. The van der Waals surface area contributed by atoms with Crippen LogP contribution in [-0.2, 0) is 11.3 Å². The first kappa shape index (κ1) is 18.9. The number of halogens is 3. The fraction of sp³-hybridized carbons (Fsp3) is 0.357. The number of thioether (sulfide) groups is 1. The minimum atomic E-state index is -4.55. The molecule has 0 aliphatic carbocycles. The number of alkyl halides is 3. The Morgan fingerprint density at radius 1 is 1.48 bits per heavy atom. The van der Waals surface area contributed by atoms with Gasteiger partial charge in [0.1, 0.15) is 0 Å². The van der Waals surface area contributed by atoms with E-state index in [0.717, 1.165) is 0 Å². The van der Waals surface area contributed by atoms with Crippen LogP contribution in [0.15, 0.2) is 40.6 Å². The van der Waals surface area contributed by atoms with Crippen LogP contribution in [0.2, 0.25) is 0 Å². The van der Waals surface area contributed by atoms with E-state index in [4.69, 9.17) is 4.42 Å². The number of hydrogen-bond donors (Lipinski definition) is 1. The van der Waals surface area contributed by atoms with E-state index < -0.39 is 18.9 Å². The van der Waals surface area contributed by atoms with Crippen LogP contribution < -0.4 is 5.32 Å². The maximum absolute atomic E-state index is 11.9. The fourth-order valence-corrected chi connectivity index (χ4v) is 2.57. The number of carbonyl (C=O) groups is 1. The van der Waals surface area contributed by atoms with Crippen molar-refractivity contribution in [2.24, 2.45) is 0 Å². The van der Waals surface area contributed by atoms with Crippen molar-refractivity contribution in [2.45, 2.75) is 17.9 Å². The number of amides is 1. The van der Waals surface area contributed by atoms with Gasteiger partial charge in [0.15, 0.2) is 17.5 Å². The largest absolute Gasteiger partial charge is 0.461 e.